The molecular weight excluding hydrogens is 367 g/mol. The van der Waals surface area contributed by atoms with Gasteiger partial charge in [0, 0.05) is 23.8 Å². The van der Waals surface area contributed by atoms with Crippen molar-refractivity contribution >= 4 is 20.6 Å². The lowest BCUT2D eigenvalue weighted by Gasteiger charge is -2.00. The van der Waals surface area contributed by atoms with Gasteiger partial charge < -0.3 is 4.52 Å². The van der Waals surface area contributed by atoms with Crippen LogP contribution in [0.5, 0.6) is 0 Å². The second kappa shape index (κ2) is 6.48. The molecule has 3 aromatic rings. The Morgan fingerprint density at radius 2 is 1.69 bits per heavy atom. The average Bonchev–Trinajstić information content (AvgIpc) is 3.11. The zero-order valence-corrected chi connectivity index (χ0v) is 13.6. The predicted molar refractivity (Wildman–Crippen MR) is 86.5 cm³/mol. The number of rotatable bonds is 4. The highest BCUT2D eigenvalue weighted by molar-refractivity contribution is 8.06. The first-order valence-corrected chi connectivity index (χ1v) is 8.54. The minimum atomic E-state index is -4.47. The van der Waals surface area contributed by atoms with Crippen molar-refractivity contribution in [2.75, 3.05) is 0 Å². The summed E-state index contributed by atoms with van der Waals surface area (Å²) in [5.74, 6) is -0.989. The largest absolute Gasteiger partial charge is 0.351 e. The van der Waals surface area contributed by atoms with Crippen LogP contribution in [0.15, 0.2) is 64.0 Å². The van der Waals surface area contributed by atoms with E-state index in [0.29, 0.717) is 5.56 Å². The molecule has 0 aliphatic carbocycles. The summed E-state index contributed by atoms with van der Waals surface area (Å²) < 4.78 is 42.4. The Morgan fingerprint density at radius 3 is 2.27 bits per heavy atom. The second-order valence-corrected chi connectivity index (χ2v) is 6.97. The number of aromatic nitrogens is 1. The summed E-state index contributed by atoms with van der Waals surface area (Å²) in [6.07, 6.45) is 0. The van der Waals surface area contributed by atoms with Crippen LogP contribution >= 0.6 is 0 Å². The molecule has 0 saturated heterocycles. The smallest absolute Gasteiger partial charge is 0.319 e. The number of carbonyl (C=O) groups is 1. The van der Waals surface area contributed by atoms with Crippen molar-refractivity contribution in [3.8, 4) is 11.3 Å². The van der Waals surface area contributed by atoms with E-state index >= 15 is 0 Å². The molecule has 0 unspecified atom stereocenters. The summed E-state index contributed by atoms with van der Waals surface area (Å²) in [6, 6.07) is 10.1. The first-order valence-electron chi connectivity index (χ1n) is 7.05. The van der Waals surface area contributed by atoms with Gasteiger partial charge in [0.25, 0.3) is 5.69 Å². The highest BCUT2D eigenvalue weighted by Crippen LogP contribution is 2.24. The van der Waals surface area contributed by atoms with Gasteiger partial charge in [0.15, 0.2) is 0 Å². The standard InChI is InChI=1S/C16H9FN2O6S/c17-11-3-1-10(2-4-11)14-9-15(25-18-14)16(20)26(23,24)13-7-5-12(6-8-13)19(21)22/h1-9H. The fourth-order valence-corrected chi connectivity index (χ4v) is 3.18. The summed E-state index contributed by atoms with van der Waals surface area (Å²) in [4.78, 5) is 21.8. The Hall–Kier alpha value is -3.40. The van der Waals surface area contributed by atoms with Crippen molar-refractivity contribution in [2.45, 2.75) is 4.90 Å². The Bertz CT molecular complexity index is 1090. The van der Waals surface area contributed by atoms with Crippen molar-refractivity contribution in [3.05, 3.63) is 76.3 Å². The van der Waals surface area contributed by atoms with Crippen LogP contribution in [0.25, 0.3) is 11.3 Å². The minimum Gasteiger partial charge on any atom is -0.351 e. The average molecular weight is 376 g/mol. The molecule has 0 N–H and O–H groups in total. The number of nitro groups is 1. The molecule has 26 heavy (non-hydrogen) atoms. The van der Waals surface area contributed by atoms with Crippen molar-refractivity contribution in [2.24, 2.45) is 0 Å². The van der Waals surface area contributed by atoms with Gasteiger partial charge in [-0.3, -0.25) is 14.9 Å². The molecule has 0 amide bonds. The number of benzene rings is 2. The number of halogens is 1. The number of non-ortho nitro benzene ring substituents is 1. The minimum absolute atomic E-state index is 0.159. The van der Waals surface area contributed by atoms with Gasteiger partial charge in [0.05, 0.1) is 9.82 Å². The quantitative estimate of drug-likeness (QED) is 0.507. The number of nitro benzene ring substituents is 1. The lowest BCUT2D eigenvalue weighted by molar-refractivity contribution is -0.384. The molecule has 3 rings (SSSR count). The van der Waals surface area contributed by atoms with Crippen LogP contribution in [0.1, 0.15) is 10.6 Å². The predicted octanol–water partition coefficient (Wildman–Crippen LogP) is 3.00. The third-order valence-corrected chi connectivity index (χ3v) is 5.04. The van der Waals surface area contributed by atoms with E-state index in [2.05, 4.69) is 5.16 Å². The molecule has 0 atom stereocenters. The van der Waals surface area contributed by atoms with E-state index in [-0.39, 0.29) is 11.4 Å². The maximum absolute atomic E-state index is 12.9. The van der Waals surface area contributed by atoms with Gasteiger partial charge in [-0.15, -0.1) is 0 Å². The Balaban J connectivity index is 1.91. The maximum atomic E-state index is 12.9. The van der Waals surface area contributed by atoms with Gasteiger partial charge in [-0.25, -0.2) is 12.8 Å². The van der Waals surface area contributed by atoms with Crippen LogP contribution in [0.4, 0.5) is 10.1 Å². The zero-order chi connectivity index (χ0) is 18.9. The van der Waals surface area contributed by atoms with E-state index in [1.54, 1.807) is 0 Å². The van der Waals surface area contributed by atoms with Crippen molar-refractivity contribution in [1.29, 1.82) is 0 Å². The lowest BCUT2D eigenvalue weighted by Crippen LogP contribution is -2.14. The summed E-state index contributed by atoms with van der Waals surface area (Å²) in [6.45, 7) is 0. The monoisotopic (exact) mass is 376 g/mol. The molecule has 0 fully saturated rings. The first kappa shape index (κ1) is 17.4. The Kier molecular flexibility index (Phi) is 4.34. The Labute approximate surface area is 145 Å². The van der Waals surface area contributed by atoms with E-state index in [1.807, 2.05) is 0 Å². The van der Waals surface area contributed by atoms with Crippen molar-refractivity contribution in [1.82, 2.24) is 5.16 Å². The topological polar surface area (TPSA) is 120 Å². The first-order chi connectivity index (χ1) is 12.3. The number of hydrogen-bond acceptors (Lipinski definition) is 7. The molecule has 0 radical (unpaired) electrons. The van der Waals surface area contributed by atoms with E-state index in [9.17, 15) is 27.7 Å². The second-order valence-electron chi connectivity index (χ2n) is 5.13. The van der Waals surface area contributed by atoms with E-state index in [1.165, 1.54) is 24.3 Å². The Morgan fingerprint density at radius 1 is 1.08 bits per heavy atom. The number of carbonyl (C=O) groups excluding carboxylic acids is 1. The van der Waals surface area contributed by atoms with Gasteiger partial charge in [0.1, 0.15) is 11.5 Å². The summed E-state index contributed by atoms with van der Waals surface area (Å²) >= 11 is 0. The van der Waals surface area contributed by atoms with Crippen molar-refractivity contribution in [3.63, 3.8) is 0 Å². The molecule has 0 aliphatic rings. The fraction of sp³-hybridized carbons (Fsp3) is 0. The molecule has 0 saturated carbocycles. The molecule has 8 nitrogen and oxygen atoms in total. The number of hydrogen-bond donors (Lipinski definition) is 0. The zero-order valence-electron chi connectivity index (χ0n) is 12.8. The summed E-state index contributed by atoms with van der Waals surface area (Å²) in [5, 5.41) is 12.9. The SMILES string of the molecule is O=C(c1cc(-c2ccc(F)cc2)no1)S(=O)(=O)c1ccc([N+](=O)[O-])cc1. The molecule has 0 aliphatic heterocycles. The molecule has 1 heterocycles. The fourth-order valence-electron chi connectivity index (χ4n) is 2.11. The normalized spacial score (nSPS) is 11.3. The van der Waals surface area contributed by atoms with Gasteiger partial charge in [-0.2, -0.15) is 0 Å². The molecule has 1 aromatic heterocycles. The molecule has 2 aromatic carbocycles. The van der Waals surface area contributed by atoms with Crippen LogP contribution in [-0.4, -0.2) is 23.6 Å². The molecular formula is C16H9FN2O6S. The van der Waals surface area contributed by atoms with Crippen LogP contribution in [0.3, 0.4) is 0 Å². The van der Waals surface area contributed by atoms with Gasteiger partial charge in [0.2, 0.25) is 15.6 Å². The summed E-state index contributed by atoms with van der Waals surface area (Å²) in [5.41, 5.74) is 0.281. The van der Waals surface area contributed by atoms with E-state index in [4.69, 9.17) is 4.52 Å². The van der Waals surface area contributed by atoms with Gasteiger partial charge in [-0.05, 0) is 36.4 Å². The van der Waals surface area contributed by atoms with Gasteiger partial charge >= 0.3 is 5.12 Å². The van der Waals surface area contributed by atoms with Crippen molar-refractivity contribution < 1.29 is 27.0 Å². The lowest BCUT2D eigenvalue weighted by atomic mass is 10.1. The van der Waals surface area contributed by atoms with E-state index < -0.39 is 36.3 Å². The third kappa shape index (κ3) is 3.22. The number of sulfone groups is 1. The van der Waals surface area contributed by atoms with Crippen LogP contribution < -0.4 is 0 Å². The molecule has 0 spiro atoms. The molecule has 132 valence electrons. The van der Waals surface area contributed by atoms with Crippen LogP contribution in [0.2, 0.25) is 0 Å². The maximum Gasteiger partial charge on any atom is 0.319 e. The molecule has 0 bridgehead atoms. The highest BCUT2D eigenvalue weighted by atomic mass is 32.2. The highest BCUT2D eigenvalue weighted by Gasteiger charge is 2.30. The van der Waals surface area contributed by atoms with Crippen LogP contribution in [0, 0.1) is 15.9 Å². The summed E-state index contributed by atoms with van der Waals surface area (Å²) in [7, 11) is -4.47. The molecule has 10 heteroatoms. The number of nitrogens with zero attached hydrogens (tertiary/aromatic N) is 2. The third-order valence-electron chi connectivity index (χ3n) is 3.45. The van der Waals surface area contributed by atoms with E-state index in [0.717, 1.165) is 30.3 Å². The van der Waals surface area contributed by atoms with Crippen LogP contribution in [-0.2, 0) is 9.84 Å². The van der Waals surface area contributed by atoms with Gasteiger partial charge in [-0.1, -0.05) is 5.16 Å².